The van der Waals surface area contributed by atoms with Crippen molar-refractivity contribution in [1.82, 2.24) is 5.32 Å². The van der Waals surface area contributed by atoms with E-state index in [1.165, 1.54) is 0 Å². The van der Waals surface area contributed by atoms with E-state index in [9.17, 15) is 9.00 Å². The predicted molar refractivity (Wildman–Crippen MR) is 101 cm³/mol. The number of hydrogen-bond acceptors (Lipinski definition) is 3. The Kier molecular flexibility index (Phi) is 5.83. The summed E-state index contributed by atoms with van der Waals surface area (Å²) in [7, 11) is -1.20. The van der Waals surface area contributed by atoms with E-state index in [1.54, 1.807) is 12.1 Å². The fourth-order valence-corrected chi connectivity index (χ4v) is 3.73. The Balaban J connectivity index is 1.60. The quantitative estimate of drug-likeness (QED) is 0.650. The van der Waals surface area contributed by atoms with E-state index in [2.05, 4.69) is 21.2 Å². The zero-order chi connectivity index (χ0) is 17.6. The predicted octanol–water partition coefficient (Wildman–Crippen LogP) is 4.28. The summed E-state index contributed by atoms with van der Waals surface area (Å²) < 4.78 is 18.8. The number of nitrogens with one attached hydrogen (secondary N) is 1. The second-order valence-corrected chi connectivity index (χ2v) is 7.65. The molecule has 0 saturated heterocycles. The van der Waals surface area contributed by atoms with E-state index in [1.807, 2.05) is 54.6 Å². The van der Waals surface area contributed by atoms with Crippen LogP contribution in [0.4, 0.5) is 0 Å². The van der Waals surface area contributed by atoms with E-state index in [0.717, 1.165) is 14.9 Å². The highest BCUT2D eigenvalue weighted by Gasteiger charge is 2.13. The molecule has 0 radical (unpaired) electrons. The average Bonchev–Trinajstić information content (AvgIpc) is 3.10. The van der Waals surface area contributed by atoms with Gasteiger partial charge in [-0.05, 0) is 35.9 Å². The van der Waals surface area contributed by atoms with Crippen molar-refractivity contribution >= 4 is 32.6 Å². The molecule has 6 heteroatoms. The van der Waals surface area contributed by atoms with Crippen LogP contribution >= 0.6 is 15.9 Å². The van der Waals surface area contributed by atoms with Crippen molar-refractivity contribution in [3.63, 3.8) is 0 Å². The summed E-state index contributed by atoms with van der Waals surface area (Å²) in [6, 6.07) is 20.2. The molecule has 0 aliphatic carbocycles. The van der Waals surface area contributed by atoms with Crippen molar-refractivity contribution in [2.24, 2.45) is 0 Å². The summed E-state index contributed by atoms with van der Waals surface area (Å²) in [5.74, 6) is 0.675. The van der Waals surface area contributed by atoms with Gasteiger partial charge in [0.1, 0.15) is 5.76 Å². The van der Waals surface area contributed by atoms with Crippen molar-refractivity contribution < 1.29 is 13.4 Å². The topological polar surface area (TPSA) is 59.3 Å². The Bertz CT molecular complexity index is 892. The molecule has 1 amide bonds. The van der Waals surface area contributed by atoms with Gasteiger partial charge in [0.15, 0.2) is 5.76 Å². The summed E-state index contributed by atoms with van der Waals surface area (Å²) in [6.45, 7) is 0.395. The molecule has 0 saturated carbocycles. The van der Waals surface area contributed by atoms with E-state index in [0.29, 0.717) is 12.3 Å². The third-order valence-corrected chi connectivity index (χ3v) is 5.68. The Morgan fingerprint density at radius 2 is 1.72 bits per heavy atom. The maximum absolute atomic E-state index is 12.3. The van der Waals surface area contributed by atoms with Gasteiger partial charge in [0.05, 0.1) is 16.6 Å². The van der Waals surface area contributed by atoms with Gasteiger partial charge in [0, 0.05) is 15.9 Å². The number of benzene rings is 2. The van der Waals surface area contributed by atoms with Gasteiger partial charge >= 0.3 is 0 Å². The van der Waals surface area contributed by atoms with Gasteiger partial charge in [-0.25, -0.2) is 0 Å². The molecule has 0 spiro atoms. The standard InChI is InChI=1S/C19H16BrNO3S/c20-17-9-5-4-6-14(17)12-21-19(22)18-11-10-15(24-18)13-25(23)16-7-2-1-3-8-16/h1-11H,12-13H2,(H,21,22)/t25-/m1/s1. The maximum atomic E-state index is 12.3. The molecule has 0 aliphatic rings. The highest BCUT2D eigenvalue weighted by molar-refractivity contribution is 9.10. The molecule has 128 valence electrons. The molecule has 0 aliphatic heterocycles. The van der Waals surface area contributed by atoms with Crippen LogP contribution in [0.25, 0.3) is 0 Å². The van der Waals surface area contributed by atoms with Gasteiger partial charge in [-0.1, -0.05) is 52.3 Å². The van der Waals surface area contributed by atoms with Crippen LogP contribution in [0, 0.1) is 0 Å². The van der Waals surface area contributed by atoms with Crippen molar-refractivity contribution in [3.8, 4) is 0 Å². The van der Waals surface area contributed by atoms with Crippen molar-refractivity contribution in [2.45, 2.75) is 17.2 Å². The van der Waals surface area contributed by atoms with Gasteiger partial charge in [-0.15, -0.1) is 0 Å². The molecule has 1 atom stereocenters. The molecular formula is C19H16BrNO3S. The first-order valence-corrected chi connectivity index (χ1v) is 9.78. The van der Waals surface area contributed by atoms with Crippen molar-refractivity contribution in [3.05, 3.63) is 88.3 Å². The second kappa shape index (κ2) is 8.27. The Morgan fingerprint density at radius 3 is 2.48 bits per heavy atom. The number of hydrogen-bond donors (Lipinski definition) is 1. The fraction of sp³-hybridized carbons (Fsp3) is 0.105. The van der Waals surface area contributed by atoms with E-state index < -0.39 is 10.8 Å². The van der Waals surface area contributed by atoms with Crippen LogP contribution in [0.15, 0.2) is 80.5 Å². The zero-order valence-corrected chi connectivity index (χ0v) is 15.7. The van der Waals surface area contributed by atoms with Crippen LogP contribution in [-0.2, 0) is 23.1 Å². The Morgan fingerprint density at radius 1 is 1.00 bits per heavy atom. The highest BCUT2D eigenvalue weighted by atomic mass is 79.9. The van der Waals surface area contributed by atoms with E-state index >= 15 is 0 Å². The van der Waals surface area contributed by atoms with Crippen LogP contribution in [0.5, 0.6) is 0 Å². The van der Waals surface area contributed by atoms with Gasteiger partial charge in [-0.3, -0.25) is 9.00 Å². The fourth-order valence-electron chi connectivity index (χ4n) is 2.27. The summed E-state index contributed by atoms with van der Waals surface area (Å²) in [4.78, 5) is 12.9. The Labute approximate surface area is 156 Å². The lowest BCUT2D eigenvalue weighted by atomic mass is 10.2. The second-order valence-electron chi connectivity index (χ2n) is 5.34. The van der Waals surface area contributed by atoms with Crippen LogP contribution in [-0.4, -0.2) is 10.1 Å². The third kappa shape index (κ3) is 4.67. The number of carbonyl (C=O) groups is 1. The highest BCUT2D eigenvalue weighted by Crippen LogP contribution is 2.17. The van der Waals surface area contributed by atoms with Gasteiger partial charge in [0.25, 0.3) is 5.91 Å². The summed E-state index contributed by atoms with van der Waals surface area (Å²) in [5.41, 5.74) is 0.979. The largest absolute Gasteiger partial charge is 0.455 e. The molecule has 3 rings (SSSR count). The van der Waals surface area contributed by atoms with Crippen LogP contribution in [0.3, 0.4) is 0 Å². The molecule has 1 aromatic heterocycles. The number of halogens is 1. The number of amides is 1. The molecule has 1 heterocycles. The van der Waals surface area contributed by atoms with Gasteiger partial charge < -0.3 is 9.73 Å². The third-order valence-electron chi connectivity index (χ3n) is 3.56. The molecule has 25 heavy (non-hydrogen) atoms. The average molecular weight is 418 g/mol. The first kappa shape index (κ1) is 17.6. The van der Waals surface area contributed by atoms with Crippen LogP contribution in [0.1, 0.15) is 21.9 Å². The van der Waals surface area contributed by atoms with Crippen molar-refractivity contribution in [1.29, 1.82) is 0 Å². The first-order chi connectivity index (χ1) is 12.1. The minimum Gasteiger partial charge on any atom is -0.455 e. The Hall–Kier alpha value is -2.18. The summed E-state index contributed by atoms with van der Waals surface area (Å²) in [6.07, 6.45) is 0. The zero-order valence-electron chi connectivity index (χ0n) is 13.3. The van der Waals surface area contributed by atoms with E-state index in [4.69, 9.17) is 4.42 Å². The molecule has 3 aromatic rings. The SMILES string of the molecule is O=C(NCc1ccccc1Br)c1ccc(C[S@@](=O)c2ccccc2)o1. The minimum atomic E-state index is -1.20. The summed E-state index contributed by atoms with van der Waals surface area (Å²) in [5, 5.41) is 2.82. The van der Waals surface area contributed by atoms with Gasteiger partial charge in [0.2, 0.25) is 0 Å². The molecule has 1 N–H and O–H groups in total. The lowest BCUT2D eigenvalue weighted by molar-refractivity contribution is 0.0921. The first-order valence-electron chi connectivity index (χ1n) is 7.67. The normalized spacial score (nSPS) is 11.9. The molecule has 0 bridgehead atoms. The van der Waals surface area contributed by atoms with Crippen LogP contribution in [0.2, 0.25) is 0 Å². The molecule has 2 aromatic carbocycles. The lowest BCUT2D eigenvalue weighted by Gasteiger charge is -2.05. The smallest absolute Gasteiger partial charge is 0.287 e. The number of rotatable bonds is 6. The number of carbonyl (C=O) groups excluding carboxylic acids is 1. The maximum Gasteiger partial charge on any atom is 0.287 e. The molecule has 0 fully saturated rings. The summed E-state index contributed by atoms with van der Waals surface area (Å²) >= 11 is 3.45. The molecule has 0 unspecified atom stereocenters. The monoisotopic (exact) mass is 417 g/mol. The van der Waals surface area contributed by atoms with Gasteiger partial charge in [-0.2, -0.15) is 0 Å². The van der Waals surface area contributed by atoms with E-state index in [-0.39, 0.29) is 17.4 Å². The number of furan rings is 1. The molecular weight excluding hydrogens is 402 g/mol. The lowest BCUT2D eigenvalue weighted by Crippen LogP contribution is -2.22. The van der Waals surface area contributed by atoms with Crippen molar-refractivity contribution in [2.75, 3.05) is 0 Å². The van der Waals surface area contributed by atoms with Crippen LogP contribution < -0.4 is 5.32 Å². The molecule has 4 nitrogen and oxygen atoms in total. The minimum absolute atomic E-state index is 0.215.